The SMILES string of the molecule is CCc1cc2c(C)cccc2[s+]1C(F)(F)F.O=S(=O)([O-])C(F)(F)F. The van der Waals surface area contributed by atoms with E-state index in [0.29, 0.717) is 16.0 Å². The van der Waals surface area contributed by atoms with Crippen molar-refractivity contribution in [2.45, 2.75) is 31.3 Å². The molecule has 11 heteroatoms. The summed E-state index contributed by atoms with van der Waals surface area (Å²) in [5.41, 5.74) is -8.88. The van der Waals surface area contributed by atoms with E-state index >= 15 is 0 Å². The molecule has 0 saturated carbocycles. The first-order chi connectivity index (χ1) is 10.7. The highest BCUT2D eigenvalue weighted by Crippen LogP contribution is 2.51. The molecular weight excluding hydrogens is 382 g/mol. The minimum Gasteiger partial charge on any atom is -0.741 e. The van der Waals surface area contributed by atoms with E-state index in [2.05, 4.69) is 0 Å². The van der Waals surface area contributed by atoms with Crippen molar-refractivity contribution in [3.8, 4) is 0 Å². The summed E-state index contributed by atoms with van der Waals surface area (Å²) in [4.78, 5) is 0.497. The van der Waals surface area contributed by atoms with Crippen LogP contribution in [0.5, 0.6) is 0 Å². The molecule has 24 heavy (non-hydrogen) atoms. The zero-order chi connectivity index (χ0) is 18.9. The highest BCUT2D eigenvalue weighted by Gasteiger charge is 2.47. The van der Waals surface area contributed by atoms with Gasteiger partial charge in [-0.1, -0.05) is 19.1 Å². The van der Waals surface area contributed by atoms with Crippen molar-refractivity contribution in [1.29, 1.82) is 0 Å². The van der Waals surface area contributed by atoms with Crippen molar-refractivity contribution in [2.75, 3.05) is 0 Å². The lowest BCUT2D eigenvalue weighted by Crippen LogP contribution is -2.21. The number of hydrogen-bond donors (Lipinski definition) is 0. The summed E-state index contributed by atoms with van der Waals surface area (Å²) in [5, 5.41) is 0.764. The fraction of sp³-hybridized carbons (Fsp3) is 0.385. The zero-order valence-corrected chi connectivity index (χ0v) is 14.0. The molecule has 1 heterocycles. The maximum absolute atomic E-state index is 13.0. The van der Waals surface area contributed by atoms with E-state index in [1.807, 2.05) is 13.0 Å². The van der Waals surface area contributed by atoms with Gasteiger partial charge < -0.3 is 4.55 Å². The Morgan fingerprint density at radius 2 is 1.62 bits per heavy atom. The fourth-order valence-electron chi connectivity index (χ4n) is 1.90. The lowest BCUT2D eigenvalue weighted by atomic mass is 10.1. The smallest absolute Gasteiger partial charge is 0.600 e. The Bertz CT molecular complexity index is 819. The molecule has 1 atom stereocenters. The van der Waals surface area contributed by atoms with Crippen LogP contribution in [0, 0.1) is 6.92 Å². The van der Waals surface area contributed by atoms with Crippen molar-refractivity contribution in [1.82, 2.24) is 0 Å². The molecule has 136 valence electrons. The van der Waals surface area contributed by atoms with Gasteiger partial charge >= 0.3 is 11.0 Å². The van der Waals surface area contributed by atoms with Crippen LogP contribution in [0.2, 0.25) is 0 Å². The number of benzene rings is 1. The van der Waals surface area contributed by atoms with Crippen LogP contribution in [0.1, 0.15) is 17.4 Å². The maximum atomic E-state index is 13.0. The summed E-state index contributed by atoms with van der Waals surface area (Å²) in [6.07, 6.45) is 0.455. The summed E-state index contributed by atoms with van der Waals surface area (Å²) in [6.45, 7) is 3.63. The molecule has 0 saturated heterocycles. The number of rotatable bonds is 1. The Morgan fingerprint density at radius 3 is 2.00 bits per heavy atom. The van der Waals surface area contributed by atoms with Gasteiger partial charge in [0, 0.05) is 17.9 Å². The van der Waals surface area contributed by atoms with Gasteiger partial charge in [-0.2, -0.15) is 13.2 Å². The number of fused-ring (bicyclic) bond motifs is 1. The van der Waals surface area contributed by atoms with Crippen molar-refractivity contribution in [3.63, 3.8) is 0 Å². The molecule has 2 aromatic rings. The Hall–Kier alpha value is -1.33. The van der Waals surface area contributed by atoms with Gasteiger partial charge in [0.25, 0.3) is 0 Å². The monoisotopic (exact) mass is 394 g/mol. The molecule has 0 aliphatic carbocycles. The van der Waals surface area contributed by atoms with E-state index in [1.165, 1.54) is 0 Å². The molecule has 0 aliphatic rings. The first-order valence-corrected chi connectivity index (χ1v) is 8.97. The molecule has 1 aromatic carbocycles. The Balaban J connectivity index is 0.000000307. The quantitative estimate of drug-likeness (QED) is 0.296. The van der Waals surface area contributed by atoms with Gasteiger partial charge in [-0.05, 0) is 18.6 Å². The van der Waals surface area contributed by atoms with E-state index in [9.17, 15) is 26.3 Å². The van der Waals surface area contributed by atoms with Gasteiger partial charge in [0.05, 0.1) is 10.5 Å². The van der Waals surface area contributed by atoms with Gasteiger partial charge in [0.15, 0.2) is 19.7 Å². The van der Waals surface area contributed by atoms with Gasteiger partial charge in [-0.25, -0.2) is 8.42 Å². The lowest BCUT2D eigenvalue weighted by Gasteiger charge is -2.08. The van der Waals surface area contributed by atoms with Crippen molar-refractivity contribution in [2.24, 2.45) is 0 Å². The van der Waals surface area contributed by atoms with Crippen molar-refractivity contribution >= 4 is 30.7 Å². The van der Waals surface area contributed by atoms with E-state index < -0.39 is 31.6 Å². The number of alkyl halides is 6. The van der Waals surface area contributed by atoms with Crippen LogP contribution in [0.15, 0.2) is 24.3 Å². The number of thiophene rings is 1. The highest BCUT2D eigenvalue weighted by molar-refractivity contribution is 7.86. The summed E-state index contributed by atoms with van der Waals surface area (Å²) < 4.78 is 98.3. The molecule has 1 unspecified atom stereocenters. The van der Waals surface area contributed by atoms with E-state index in [1.54, 1.807) is 25.1 Å². The van der Waals surface area contributed by atoms with Gasteiger partial charge in [-0.15, -0.1) is 13.2 Å². The lowest BCUT2D eigenvalue weighted by molar-refractivity contribution is -0.0867. The predicted octanol–water partition coefficient (Wildman–Crippen LogP) is 4.99. The second kappa shape index (κ2) is 6.89. The van der Waals surface area contributed by atoms with Gasteiger partial charge in [0.1, 0.15) is 0 Å². The normalized spacial score (nSPS) is 13.6. The predicted molar refractivity (Wildman–Crippen MR) is 77.6 cm³/mol. The highest BCUT2D eigenvalue weighted by atomic mass is 32.2. The molecule has 1 aromatic heterocycles. The Labute approximate surface area is 136 Å². The molecule has 3 nitrogen and oxygen atoms in total. The fourth-order valence-corrected chi connectivity index (χ4v) is 3.91. The topological polar surface area (TPSA) is 57.2 Å². The van der Waals surface area contributed by atoms with E-state index in [4.69, 9.17) is 13.0 Å². The largest absolute Gasteiger partial charge is 0.741 e. The standard InChI is InChI=1S/C12H12F3S.CHF3O3S/c1-3-9-7-10-8(2)5-4-6-11(10)16(9)12(13,14)15;2-1(3,4)8(5,6)7/h4-7H,3H2,1-2H3;(H,5,6,7)/q+1;/p-1. The molecule has 0 aliphatic heterocycles. The molecule has 0 amide bonds. The first kappa shape index (κ1) is 20.7. The number of hydrogen-bond acceptors (Lipinski definition) is 3. The first-order valence-electron chi connectivity index (χ1n) is 6.33. The summed E-state index contributed by atoms with van der Waals surface area (Å²) in [5.74, 6) is 0. The average Bonchev–Trinajstić information content (AvgIpc) is 2.77. The minimum atomic E-state index is -6.09. The molecule has 2 rings (SSSR count). The van der Waals surface area contributed by atoms with Crippen molar-refractivity contribution < 1.29 is 39.3 Å². The number of aryl methyl sites for hydroxylation is 2. The van der Waals surface area contributed by atoms with Crippen LogP contribution in [0.25, 0.3) is 10.1 Å². The summed E-state index contributed by atoms with van der Waals surface area (Å²) in [6, 6.07) is 6.86. The van der Waals surface area contributed by atoms with Crippen LogP contribution in [-0.2, 0) is 22.0 Å². The molecule has 0 spiro atoms. The van der Waals surface area contributed by atoms with Crippen LogP contribution in [0.4, 0.5) is 26.3 Å². The van der Waals surface area contributed by atoms with Crippen LogP contribution in [0.3, 0.4) is 0 Å². The molecular formula is C13H12F6O3S2. The number of halogens is 6. The zero-order valence-electron chi connectivity index (χ0n) is 12.3. The summed E-state index contributed by atoms with van der Waals surface area (Å²) in [7, 11) is -7.80. The van der Waals surface area contributed by atoms with Crippen LogP contribution >= 0.6 is 10.5 Å². The second-order valence-corrected chi connectivity index (χ2v) is 8.01. The summed E-state index contributed by atoms with van der Waals surface area (Å²) >= 11 is 0. The molecule has 0 radical (unpaired) electrons. The molecule has 0 bridgehead atoms. The van der Waals surface area contributed by atoms with Crippen LogP contribution < -0.4 is 0 Å². The third-order valence-electron chi connectivity index (χ3n) is 2.93. The third-order valence-corrected chi connectivity index (χ3v) is 5.69. The molecule has 0 N–H and O–H groups in total. The Kier molecular flexibility index (Phi) is 5.94. The second-order valence-electron chi connectivity index (χ2n) is 4.60. The third kappa shape index (κ3) is 4.61. The maximum Gasteiger partial charge on any atom is 0.600 e. The van der Waals surface area contributed by atoms with E-state index in [0.717, 1.165) is 10.9 Å². The van der Waals surface area contributed by atoms with E-state index in [-0.39, 0.29) is 0 Å². The van der Waals surface area contributed by atoms with Gasteiger partial charge in [0.2, 0.25) is 0 Å². The van der Waals surface area contributed by atoms with Crippen molar-refractivity contribution in [3.05, 3.63) is 34.7 Å². The average molecular weight is 394 g/mol. The molecule has 0 fully saturated rings. The van der Waals surface area contributed by atoms with Crippen LogP contribution in [-0.4, -0.2) is 18.5 Å². The minimum absolute atomic E-state index is 0.435. The van der Waals surface area contributed by atoms with Gasteiger partial charge in [-0.3, -0.25) is 0 Å². The Morgan fingerprint density at radius 1 is 1.12 bits per heavy atom.